The van der Waals surface area contributed by atoms with Crippen LogP contribution in [0.1, 0.15) is 30.7 Å². The smallest absolute Gasteiger partial charge is 0.269 e. The molecule has 0 aliphatic heterocycles. The summed E-state index contributed by atoms with van der Waals surface area (Å²) in [5, 5.41) is 10.9. The molecule has 8 heteroatoms. The van der Waals surface area contributed by atoms with Gasteiger partial charge in [0.1, 0.15) is 0 Å². The van der Waals surface area contributed by atoms with Crippen molar-refractivity contribution >= 4 is 15.7 Å². The van der Waals surface area contributed by atoms with E-state index in [2.05, 4.69) is 6.07 Å². The lowest BCUT2D eigenvalue weighted by Crippen LogP contribution is -2.37. The minimum atomic E-state index is -3.82. The van der Waals surface area contributed by atoms with Gasteiger partial charge in [0.25, 0.3) is 5.69 Å². The summed E-state index contributed by atoms with van der Waals surface area (Å²) in [6.45, 7) is 6.52. The van der Waals surface area contributed by atoms with E-state index in [-0.39, 0.29) is 23.2 Å². The van der Waals surface area contributed by atoms with E-state index in [4.69, 9.17) is 0 Å². The molecule has 0 unspecified atom stereocenters. The van der Waals surface area contributed by atoms with Gasteiger partial charge in [0.15, 0.2) is 0 Å². The van der Waals surface area contributed by atoms with Crippen molar-refractivity contribution in [2.75, 3.05) is 0 Å². The maximum atomic E-state index is 13.2. The van der Waals surface area contributed by atoms with Crippen molar-refractivity contribution in [1.82, 2.24) is 8.87 Å². The fourth-order valence-electron chi connectivity index (χ4n) is 3.33. The van der Waals surface area contributed by atoms with Crippen molar-refractivity contribution in [3.05, 3.63) is 93.8 Å². The van der Waals surface area contributed by atoms with E-state index in [1.54, 1.807) is 0 Å². The van der Waals surface area contributed by atoms with E-state index in [0.29, 0.717) is 6.54 Å². The second-order valence-electron chi connectivity index (χ2n) is 7.51. The minimum Gasteiger partial charge on any atom is -0.346 e. The van der Waals surface area contributed by atoms with Crippen molar-refractivity contribution in [3.63, 3.8) is 0 Å². The summed E-state index contributed by atoms with van der Waals surface area (Å²) in [7, 11) is -3.82. The average Bonchev–Trinajstić information content (AvgIpc) is 3.12. The first-order chi connectivity index (χ1) is 14.2. The van der Waals surface area contributed by atoms with Crippen LogP contribution in [0.2, 0.25) is 0 Å². The first-order valence-electron chi connectivity index (χ1n) is 9.64. The minimum absolute atomic E-state index is 0.0404. The van der Waals surface area contributed by atoms with Gasteiger partial charge >= 0.3 is 0 Å². The molecule has 0 amide bonds. The number of nitro groups is 1. The summed E-state index contributed by atoms with van der Waals surface area (Å²) in [6, 6.07) is 16.7. The predicted molar refractivity (Wildman–Crippen MR) is 116 cm³/mol. The summed E-state index contributed by atoms with van der Waals surface area (Å²) in [5.41, 5.74) is 3.04. The lowest BCUT2D eigenvalue weighted by Gasteiger charge is -2.26. The molecule has 1 heterocycles. The van der Waals surface area contributed by atoms with Crippen LogP contribution >= 0.6 is 0 Å². The maximum absolute atomic E-state index is 13.2. The topological polar surface area (TPSA) is 85.5 Å². The van der Waals surface area contributed by atoms with E-state index in [0.717, 1.165) is 11.3 Å². The van der Waals surface area contributed by atoms with Gasteiger partial charge in [-0.05, 0) is 50.6 Å². The van der Waals surface area contributed by atoms with Crippen LogP contribution in [0.5, 0.6) is 0 Å². The molecule has 30 heavy (non-hydrogen) atoms. The molecule has 3 rings (SSSR count). The molecule has 0 bridgehead atoms. The first-order valence-corrected chi connectivity index (χ1v) is 11.1. The molecule has 0 spiro atoms. The molecule has 1 aromatic heterocycles. The van der Waals surface area contributed by atoms with Crippen molar-refractivity contribution in [2.45, 2.75) is 44.8 Å². The van der Waals surface area contributed by atoms with Gasteiger partial charge in [-0.3, -0.25) is 10.1 Å². The lowest BCUT2D eigenvalue weighted by molar-refractivity contribution is -0.384. The van der Waals surface area contributed by atoms with Crippen molar-refractivity contribution in [1.29, 1.82) is 0 Å². The molecule has 0 fully saturated rings. The zero-order chi connectivity index (χ0) is 21.9. The molecular weight excluding hydrogens is 402 g/mol. The fraction of sp³-hybridized carbons (Fsp3) is 0.273. The Labute approximate surface area is 176 Å². The monoisotopic (exact) mass is 427 g/mol. The first kappa shape index (κ1) is 21.7. The van der Waals surface area contributed by atoms with Crippen LogP contribution < -0.4 is 0 Å². The molecule has 0 aliphatic carbocycles. The molecule has 0 aliphatic rings. The van der Waals surface area contributed by atoms with E-state index in [9.17, 15) is 18.5 Å². The Bertz CT molecular complexity index is 1140. The highest BCUT2D eigenvalue weighted by molar-refractivity contribution is 7.89. The Morgan fingerprint density at radius 3 is 2.37 bits per heavy atom. The SMILES string of the molecule is Cc1cccc(Cn2cccc2CN(C(C)C)S(=O)(=O)c2ccc([N+](=O)[O-])cc2)c1. The highest BCUT2D eigenvalue weighted by atomic mass is 32.2. The number of benzene rings is 2. The Balaban J connectivity index is 1.88. The number of aromatic nitrogens is 1. The Morgan fingerprint density at radius 2 is 1.77 bits per heavy atom. The molecule has 0 saturated carbocycles. The van der Waals surface area contributed by atoms with Crippen LogP contribution in [0.25, 0.3) is 0 Å². The second-order valence-corrected chi connectivity index (χ2v) is 9.40. The van der Waals surface area contributed by atoms with E-state index in [1.165, 1.54) is 34.1 Å². The molecule has 0 radical (unpaired) electrons. The van der Waals surface area contributed by atoms with Gasteiger partial charge in [-0.1, -0.05) is 29.8 Å². The van der Waals surface area contributed by atoms with Crippen molar-refractivity contribution in [2.24, 2.45) is 0 Å². The predicted octanol–water partition coefficient (Wildman–Crippen LogP) is 4.35. The number of sulfonamides is 1. The number of nitrogens with zero attached hydrogens (tertiary/aromatic N) is 3. The largest absolute Gasteiger partial charge is 0.346 e. The van der Waals surface area contributed by atoms with Gasteiger partial charge < -0.3 is 4.57 Å². The number of aryl methyl sites for hydroxylation is 1. The van der Waals surface area contributed by atoms with Crippen LogP contribution in [0.15, 0.2) is 71.8 Å². The molecular formula is C22H25N3O4S. The number of hydrogen-bond acceptors (Lipinski definition) is 4. The van der Waals surface area contributed by atoms with Gasteiger partial charge in [-0.25, -0.2) is 8.42 Å². The van der Waals surface area contributed by atoms with Gasteiger partial charge in [-0.2, -0.15) is 4.31 Å². The van der Waals surface area contributed by atoms with Gasteiger partial charge in [-0.15, -0.1) is 0 Å². The molecule has 158 valence electrons. The molecule has 0 N–H and O–H groups in total. The third-order valence-corrected chi connectivity index (χ3v) is 6.94. The normalized spacial score (nSPS) is 11.9. The standard InChI is InChI=1S/C22H25N3O4S/c1-17(2)24(30(28,29)22-11-9-20(10-12-22)25(26)27)16-21-8-5-13-23(21)15-19-7-4-6-18(3)14-19/h4-14,17H,15-16H2,1-3H3. The Morgan fingerprint density at radius 1 is 1.07 bits per heavy atom. The lowest BCUT2D eigenvalue weighted by atomic mass is 10.1. The van der Waals surface area contributed by atoms with E-state index in [1.807, 2.05) is 61.9 Å². The van der Waals surface area contributed by atoms with E-state index < -0.39 is 14.9 Å². The fourth-order valence-corrected chi connectivity index (χ4v) is 4.94. The van der Waals surface area contributed by atoms with Crippen molar-refractivity contribution < 1.29 is 13.3 Å². The van der Waals surface area contributed by atoms with Crippen LogP contribution in [-0.4, -0.2) is 28.3 Å². The zero-order valence-electron chi connectivity index (χ0n) is 17.2. The van der Waals surface area contributed by atoms with Crippen LogP contribution in [0.4, 0.5) is 5.69 Å². The molecule has 7 nitrogen and oxygen atoms in total. The van der Waals surface area contributed by atoms with Crippen LogP contribution in [-0.2, 0) is 23.1 Å². The highest BCUT2D eigenvalue weighted by Gasteiger charge is 2.28. The summed E-state index contributed by atoms with van der Waals surface area (Å²) >= 11 is 0. The molecule has 3 aromatic rings. The third kappa shape index (κ3) is 4.77. The van der Waals surface area contributed by atoms with Gasteiger partial charge in [0, 0.05) is 36.6 Å². The van der Waals surface area contributed by atoms with E-state index >= 15 is 0 Å². The second kappa shape index (κ2) is 8.81. The van der Waals surface area contributed by atoms with Crippen LogP contribution in [0.3, 0.4) is 0 Å². The molecule has 0 saturated heterocycles. The van der Waals surface area contributed by atoms with Gasteiger partial charge in [0.2, 0.25) is 10.0 Å². The number of hydrogen-bond donors (Lipinski definition) is 0. The highest BCUT2D eigenvalue weighted by Crippen LogP contribution is 2.24. The summed E-state index contributed by atoms with van der Waals surface area (Å²) in [5.74, 6) is 0. The van der Waals surface area contributed by atoms with Crippen molar-refractivity contribution in [3.8, 4) is 0 Å². The number of rotatable bonds is 8. The molecule has 2 aromatic carbocycles. The third-order valence-electron chi connectivity index (χ3n) is 4.91. The van der Waals surface area contributed by atoms with Crippen LogP contribution in [0, 0.1) is 17.0 Å². The summed E-state index contributed by atoms with van der Waals surface area (Å²) in [6.07, 6.45) is 1.94. The molecule has 0 atom stereocenters. The maximum Gasteiger partial charge on any atom is 0.269 e. The summed E-state index contributed by atoms with van der Waals surface area (Å²) in [4.78, 5) is 10.4. The number of non-ortho nitro benzene ring substituents is 1. The Kier molecular flexibility index (Phi) is 6.38. The zero-order valence-corrected chi connectivity index (χ0v) is 18.0. The number of nitro benzene ring substituents is 1. The van der Waals surface area contributed by atoms with Gasteiger partial charge in [0.05, 0.1) is 16.4 Å². The summed E-state index contributed by atoms with van der Waals surface area (Å²) < 4.78 is 29.9. The Hall–Kier alpha value is -2.97. The quantitative estimate of drug-likeness (QED) is 0.395. The average molecular weight is 428 g/mol.